The van der Waals surface area contributed by atoms with E-state index in [-0.39, 0.29) is 18.6 Å². The van der Waals surface area contributed by atoms with Gasteiger partial charge in [0.2, 0.25) is 0 Å². The van der Waals surface area contributed by atoms with Gasteiger partial charge in [-0.05, 0) is 25.0 Å². The average Bonchev–Trinajstić information content (AvgIpc) is 3.18. The van der Waals surface area contributed by atoms with Crippen LogP contribution in [0.4, 0.5) is 0 Å². The highest BCUT2D eigenvalue weighted by atomic mass is 16.5. The molecule has 1 aromatic carbocycles. The van der Waals surface area contributed by atoms with Crippen LogP contribution in [0.25, 0.3) is 0 Å². The van der Waals surface area contributed by atoms with E-state index in [9.17, 15) is 5.11 Å². The minimum atomic E-state index is -0.528. The van der Waals surface area contributed by atoms with Gasteiger partial charge in [-0.25, -0.2) is 0 Å². The fraction of sp³-hybridized carbons (Fsp3) is 0.571. The van der Waals surface area contributed by atoms with Crippen LogP contribution in [0.1, 0.15) is 12.8 Å². The molecule has 1 unspecified atom stereocenters. The fourth-order valence-corrected chi connectivity index (χ4v) is 1.84. The van der Waals surface area contributed by atoms with Crippen LogP contribution in [0.5, 0.6) is 5.75 Å². The Morgan fingerprint density at radius 3 is 2.61 bits per heavy atom. The largest absolute Gasteiger partial charge is 0.491 e. The quantitative estimate of drug-likeness (QED) is 0.639. The molecule has 0 aromatic heterocycles. The Morgan fingerprint density at radius 2 is 2.00 bits per heavy atom. The Hall–Kier alpha value is -1.10. The van der Waals surface area contributed by atoms with Crippen LogP contribution in [0.15, 0.2) is 30.3 Å². The first kappa shape index (κ1) is 13.3. The zero-order valence-electron chi connectivity index (χ0n) is 10.5. The number of benzene rings is 1. The monoisotopic (exact) mass is 251 g/mol. The molecule has 1 aliphatic rings. The number of aliphatic hydroxyl groups excluding tert-OH is 2. The topological polar surface area (TPSA) is 61.7 Å². The predicted octanol–water partition coefficient (Wildman–Crippen LogP) is 0.788. The van der Waals surface area contributed by atoms with Crippen molar-refractivity contribution in [2.45, 2.75) is 18.9 Å². The van der Waals surface area contributed by atoms with E-state index in [0.29, 0.717) is 6.54 Å². The van der Waals surface area contributed by atoms with Gasteiger partial charge in [-0.2, -0.15) is 0 Å². The molecule has 1 aromatic rings. The highest BCUT2D eigenvalue weighted by Gasteiger charge is 2.41. The molecular weight excluding hydrogens is 230 g/mol. The van der Waals surface area contributed by atoms with Crippen molar-refractivity contribution in [3.8, 4) is 5.75 Å². The second-order valence-electron chi connectivity index (χ2n) is 5.07. The van der Waals surface area contributed by atoms with Crippen molar-refractivity contribution in [1.82, 2.24) is 5.32 Å². The number of para-hydroxylation sites is 1. The maximum atomic E-state index is 9.75. The summed E-state index contributed by atoms with van der Waals surface area (Å²) >= 11 is 0. The Morgan fingerprint density at radius 1 is 1.28 bits per heavy atom. The minimum absolute atomic E-state index is 0.0833. The molecule has 0 amide bonds. The van der Waals surface area contributed by atoms with Crippen molar-refractivity contribution in [2.75, 3.05) is 26.3 Å². The molecule has 0 bridgehead atoms. The van der Waals surface area contributed by atoms with Gasteiger partial charge in [-0.3, -0.25) is 0 Å². The van der Waals surface area contributed by atoms with Crippen LogP contribution in [0.3, 0.4) is 0 Å². The van der Waals surface area contributed by atoms with E-state index in [1.54, 1.807) is 0 Å². The van der Waals surface area contributed by atoms with Crippen molar-refractivity contribution in [3.63, 3.8) is 0 Å². The molecule has 0 saturated heterocycles. The van der Waals surface area contributed by atoms with Crippen LogP contribution in [0, 0.1) is 5.41 Å². The first-order chi connectivity index (χ1) is 8.74. The zero-order valence-corrected chi connectivity index (χ0v) is 10.5. The summed E-state index contributed by atoms with van der Waals surface area (Å²) in [6.07, 6.45) is 1.62. The molecule has 4 heteroatoms. The third-order valence-electron chi connectivity index (χ3n) is 3.36. The predicted molar refractivity (Wildman–Crippen MR) is 69.6 cm³/mol. The maximum absolute atomic E-state index is 9.75. The lowest BCUT2D eigenvalue weighted by atomic mass is 10.1. The Labute approximate surface area is 108 Å². The van der Waals surface area contributed by atoms with E-state index in [1.165, 1.54) is 0 Å². The summed E-state index contributed by atoms with van der Waals surface area (Å²) in [6, 6.07) is 9.46. The molecule has 3 N–H and O–H groups in total. The third kappa shape index (κ3) is 3.98. The van der Waals surface area contributed by atoms with Gasteiger partial charge in [0.15, 0.2) is 0 Å². The molecule has 0 radical (unpaired) electrons. The maximum Gasteiger partial charge on any atom is 0.119 e. The summed E-state index contributed by atoms with van der Waals surface area (Å²) in [6.45, 7) is 1.78. The van der Waals surface area contributed by atoms with Gasteiger partial charge in [0, 0.05) is 25.1 Å². The van der Waals surface area contributed by atoms with Crippen molar-refractivity contribution in [2.24, 2.45) is 5.41 Å². The SMILES string of the molecule is OCC1(CNCC(O)COc2ccccc2)CC1. The van der Waals surface area contributed by atoms with Crippen LogP contribution in [-0.2, 0) is 0 Å². The molecule has 1 fully saturated rings. The van der Waals surface area contributed by atoms with E-state index < -0.39 is 6.10 Å². The lowest BCUT2D eigenvalue weighted by Crippen LogP contribution is -2.35. The highest BCUT2D eigenvalue weighted by molar-refractivity contribution is 5.20. The Bertz CT molecular complexity index is 351. The zero-order chi connectivity index (χ0) is 12.8. The summed E-state index contributed by atoms with van der Waals surface area (Å²) in [5.41, 5.74) is 0.0833. The summed E-state index contributed by atoms with van der Waals surface area (Å²) in [5, 5.41) is 22.1. The van der Waals surface area contributed by atoms with Crippen molar-refractivity contribution in [1.29, 1.82) is 0 Å². The van der Waals surface area contributed by atoms with Crippen LogP contribution < -0.4 is 10.1 Å². The molecule has 1 atom stereocenters. The summed E-state index contributed by atoms with van der Waals surface area (Å²) in [4.78, 5) is 0. The lowest BCUT2D eigenvalue weighted by molar-refractivity contribution is 0.103. The number of aliphatic hydroxyl groups is 2. The number of nitrogens with one attached hydrogen (secondary N) is 1. The van der Waals surface area contributed by atoms with Gasteiger partial charge in [0.1, 0.15) is 18.5 Å². The first-order valence-corrected chi connectivity index (χ1v) is 6.42. The van der Waals surface area contributed by atoms with Gasteiger partial charge >= 0.3 is 0 Å². The first-order valence-electron chi connectivity index (χ1n) is 6.42. The number of hydrogen-bond donors (Lipinski definition) is 3. The van der Waals surface area contributed by atoms with Crippen molar-refractivity contribution >= 4 is 0 Å². The summed E-state index contributed by atoms with van der Waals surface area (Å²) < 4.78 is 5.45. The van der Waals surface area contributed by atoms with E-state index >= 15 is 0 Å². The standard InChI is InChI=1S/C14H21NO3/c16-11-14(6-7-14)10-15-8-12(17)9-18-13-4-2-1-3-5-13/h1-5,12,15-17H,6-11H2. The molecule has 4 nitrogen and oxygen atoms in total. The van der Waals surface area contributed by atoms with Crippen LogP contribution in [-0.4, -0.2) is 42.6 Å². The minimum Gasteiger partial charge on any atom is -0.491 e. The second-order valence-corrected chi connectivity index (χ2v) is 5.07. The van der Waals surface area contributed by atoms with Crippen LogP contribution in [0.2, 0.25) is 0 Å². The number of hydrogen-bond acceptors (Lipinski definition) is 4. The van der Waals surface area contributed by atoms with Crippen molar-refractivity contribution < 1.29 is 14.9 Å². The lowest BCUT2D eigenvalue weighted by Gasteiger charge is -2.16. The Balaban J connectivity index is 1.59. The smallest absolute Gasteiger partial charge is 0.119 e. The molecule has 100 valence electrons. The molecule has 18 heavy (non-hydrogen) atoms. The summed E-state index contributed by atoms with van der Waals surface area (Å²) in [5.74, 6) is 0.769. The van der Waals surface area contributed by atoms with E-state index in [1.807, 2.05) is 30.3 Å². The second kappa shape index (κ2) is 6.18. The average molecular weight is 251 g/mol. The van der Waals surface area contributed by atoms with Crippen molar-refractivity contribution in [3.05, 3.63) is 30.3 Å². The van der Waals surface area contributed by atoms with E-state index in [2.05, 4.69) is 5.32 Å². The van der Waals surface area contributed by atoms with E-state index in [0.717, 1.165) is 25.1 Å². The van der Waals surface area contributed by atoms with E-state index in [4.69, 9.17) is 9.84 Å². The van der Waals surface area contributed by atoms with Gasteiger partial charge in [-0.1, -0.05) is 18.2 Å². The molecular formula is C14H21NO3. The Kier molecular flexibility index (Phi) is 4.58. The number of rotatable bonds is 8. The molecule has 1 aliphatic carbocycles. The fourth-order valence-electron chi connectivity index (χ4n) is 1.84. The van der Waals surface area contributed by atoms with Crippen LogP contribution >= 0.6 is 0 Å². The highest BCUT2D eigenvalue weighted by Crippen LogP contribution is 2.44. The van der Waals surface area contributed by atoms with Gasteiger partial charge in [-0.15, -0.1) is 0 Å². The summed E-state index contributed by atoms with van der Waals surface area (Å²) in [7, 11) is 0. The van der Waals surface area contributed by atoms with Gasteiger partial charge in [0.25, 0.3) is 0 Å². The molecule has 0 spiro atoms. The molecule has 0 heterocycles. The number of ether oxygens (including phenoxy) is 1. The van der Waals surface area contributed by atoms with Gasteiger partial charge < -0.3 is 20.3 Å². The third-order valence-corrected chi connectivity index (χ3v) is 3.36. The molecule has 2 rings (SSSR count). The molecule has 1 saturated carbocycles. The van der Waals surface area contributed by atoms with Gasteiger partial charge in [0.05, 0.1) is 0 Å². The molecule has 0 aliphatic heterocycles. The normalized spacial score (nSPS) is 18.3.